The molecule has 0 spiro atoms. The van der Waals surface area contributed by atoms with Gasteiger partial charge < -0.3 is 9.88 Å². The molecule has 1 atom stereocenters. The highest BCUT2D eigenvalue weighted by Gasteiger charge is 2.19. The molecule has 18 heavy (non-hydrogen) atoms. The van der Waals surface area contributed by atoms with E-state index in [9.17, 15) is 0 Å². The van der Waals surface area contributed by atoms with Gasteiger partial charge in [-0.1, -0.05) is 6.42 Å². The maximum absolute atomic E-state index is 4.14. The number of aryl methyl sites for hydroxylation is 1. The lowest BCUT2D eigenvalue weighted by molar-refractivity contribution is 0.531. The van der Waals surface area contributed by atoms with Crippen LogP contribution >= 0.6 is 11.3 Å². The van der Waals surface area contributed by atoms with Crippen molar-refractivity contribution in [2.24, 2.45) is 0 Å². The molecule has 1 aliphatic rings. The van der Waals surface area contributed by atoms with E-state index in [0.717, 1.165) is 6.54 Å². The smallest absolute Gasteiger partial charge is 0.0794 e. The molecule has 4 heteroatoms. The first-order chi connectivity index (χ1) is 8.86. The monoisotopic (exact) mass is 261 g/mol. The number of nitrogens with one attached hydrogen (secondary N) is 1. The Morgan fingerprint density at radius 1 is 1.44 bits per heavy atom. The van der Waals surface area contributed by atoms with Crippen LogP contribution < -0.4 is 5.32 Å². The van der Waals surface area contributed by atoms with E-state index in [1.165, 1.54) is 41.7 Å². The van der Waals surface area contributed by atoms with Crippen molar-refractivity contribution in [1.29, 1.82) is 0 Å². The molecule has 1 N–H and O–H groups in total. The molecular formula is C14H19N3S. The van der Waals surface area contributed by atoms with Crippen LogP contribution in [-0.2, 0) is 13.0 Å². The van der Waals surface area contributed by atoms with E-state index >= 15 is 0 Å². The molecule has 0 bridgehead atoms. The van der Waals surface area contributed by atoms with E-state index in [0.29, 0.717) is 6.04 Å². The van der Waals surface area contributed by atoms with Gasteiger partial charge >= 0.3 is 0 Å². The number of hydrogen-bond donors (Lipinski definition) is 1. The van der Waals surface area contributed by atoms with Crippen LogP contribution in [0.1, 0.15) is 41.3 Å². The third kappa shape index (κ3) is 2.35. The fourth-order valence-electron chi connectivity index (χ4n) is 2.81. The number of rotatable bonds is 3. The fraction of sp³-hybridized carbons (Fsp3) is 0.500. The second kappa shape index (κ2) is 5.24. The molecule has 1 unspecified atom stereocenters. The van der Waals surface area contributed by atoms with E-state index in [1.807, 2.05) is 11.7 Å². The van der Waals surface area contributed by atoms with Crippen molar-refractivity contribution in [3.05, 3.63) is 40.1 Å². The summed E-state index contributed by atoms with van der Waals surface area (Å²) in [7, 11) is 2.07. The van der Waals surface area contributed by atoms with Crippen molar-refractivity contribution in [3.63, 3.8) is 0 Å². The molecule has 2 aromatic rings. The van der Waals surface area contributed by atoms with Crippen LogP contribution in [0.25, 0.3) is 0 Å². The Morgan fingerprint density at radius 2 is 2.39 bits per heavy atom. The first-order valence-corrected chi connectivity index (χ1v) is 7.48. The third-order valence-electron chi connectivity index (χ3n) is 3.73. The summed E-state index contributed by atoms with van der Waals surface area (Å²) < 4.78 is 2.31. The summed E-state index contributed by atoms with van der Waals surface area (Å²) in [6, 6.07) is 0.533. The van der Waals surface area contributed by atoms with Gasteiger partial charge in [-0.05, 0) is 37.4 Å². The van der Waals surface area contributed by atoms with Gasteiger partial charge in [-0.25, -0.2) is 0 Å². The third-order valence-corrected chi connectivity index (χ3v) is 4.50. The van der Waals surface area contributed by atoms with Crippen LogP contribution in [0.5, 0.6) is 0 Å². The first-order valence-electron chi connectivity index (χ1n) is 6.60. The Bertz CT molecular complexity index is 501. The van der Waals surface area contributed by atoms with Crippen molar-refractivity contribution in [3.8, 4) is 0 Å². The molecular weight excluding hydrogens is 242 g/mol. The van der Waals surface area contributed by atoms with E-state index in [-0.39, 0.29) is 0 Å². The molecule has 0 amide bonds. The van der Waals surface area contributed by atoms with Crippen LogP contribution in [0.2, 0.25) is 0 Å². The van der Waals surface area contributed by atoms with E-state index in [1.54, 1.807) is 11.3 Å². The standard InChI is InChI=1S/C14H19N3S/c1-15-14-5-3-2-4-11-7-17(9-13(11)14)8-12-6-16-10-18-12/h6-7,9-10,14-15H,2-5,8H2,1H3. The second-order valence-electron chi connectivity index (χ2n) is 4.97. The fourth-order valence-corrected chi connectivity index (χ4v) is 3.41. The lowest BCUT2D eigenvalue weighted by Gasteiger charge is -2.13. The number of thiazole rings is 1. The predicted octanol–water partition coefficient (Wildman–Crippen LogP) is 2.98. The Kier molecular flexibility index (Phi) is 3.48. The minimum atomic E-state index is 0.533. The normalized spacial score (nSPS) is 19.5. The summed E-state index contributed by atoms with van der Waals surface area (Å²) in [6.07, 6.45) is 11.7. The minimum Gasteiger partial charge on any atom is -0.348 e. The highest BCUT2D eigenvalue weighted by molar-refractivity contribution is 7.09. The average molecular weight is 261 g/mol. The number of hydrogen-bond acceptors (Lipinski definition) is 3. The summed E-state index contributed by atoms with van der Waals surface area (Å²) in [5.74, 6) is 0. The van der Waals surface area contributed by atoms with Crippen LogP contribution in [0, 0.1) is 0 Å². The molecule has 0 fully saturated rings. The first kappa shape index (κ1) is 11.9. The summed E-state index contributed by atoms with van der Waals surface area (Å²) >= 11 is 1.73. The van der Waals surface area contributed by atoms with Gasteiger partial charge in [0, 0.05) is 29.5 Å². The number of nitrogens with zero attached hydrogens (tertiary/aromatic N) is 2. The zero-order chi connectivity index (χ0) is 12.4. The highest BCUT2D eigenvalue weighted by atomic mass is 32.1. The molecule has 0 saturated heterocycles. The summed E-state index contributed by atoms with van der Waals surface area (Å²) in [5.41, 5.74) is 4.93. The van der Waals surface area contributed by atoms with Crippen LogP contribution in [-0.4, -0.2) is 16.6 Å². The van der Waals surface area contributed by atoms with Gasteiger partial charge in [0.2, 0.25) is 0 Å². The Balaban J connectivity index is 1.86. The molecule has 1 aliphatic carbocycles. The lowest BCUT2D eigenvalue weighted by Crippen LogP contribution is -2.15. The van der Waals surface area contributed by atoms with Gasteiger partial charge in [-0.15, -0.1) is 11.3 Å². The molecule has 0 aliphatic heterocycles. The van der Waals surface area contributed by atoms with Gasteiger partial charge in [0.15, 0.2) is 0 Å². The van der Waals surface area contributed by atoms with E-state index in [2.05, 4.69) is 34.3 Å². The van der Waals surface area contributed by atoms with Crippen molar-refractivity contribution >= 4 is 11.3 Å². The Labute approximate surface area is 112 Å². The lowest BCUT2D eigenvalue weighted by atomic mass is 10.1. The van der Waals surface area contributed by atoms with Crippen LogP contribution in [0.4, 0.5) is 0 Å². The molecule has 0 radical (unpaired) electrons. The number of aromatic nitrogens is 2. The van der Waals surface area contributed by atoms with Crippen molar-refractivity contribution in [2.45, 2.75) is 38.3 Å². The Morgan fingerprint density at radius 3 is 3.17 bits per heavy atom. The number of fused-ring (bicyclic) bond motifs is 1. The zero-order valence-corrected chi connectivity index (χ0v) is 11.5. The summed E-state index contributed by atoms with van der Waals surface area (Å²) in [4.78, 5) is 5.46. The molecule has 3 nitrogen and oxygen atoms in total. The second-order valence-corrected chi connectivity index (χ2v) is 5.94. The quantitative estimate of drug-likeness (QED) is 0.861. The topological polar surface area (TPSA) is 29.9 Å². The maximum atomic E-state index is 4.14. The Hall–Kier alpha value is -1.13. The molecule has 3 rings (SSSR count). The highest BCUT2D eigenvalue weighted by Crippen LogP contribution is 2.29. The predicted molar refractivity (Wildman–Crippen MR) is 75.0 cm³/mol. The van der Waals surface area contributed by atoms with Crippen LogP contribution in [0.3, 0.4) is 0 Å². The van der Waals surface area contributed by atoms with Crippen molar-refractivity contribution < 1.29 is 0 Å². The molecule has 0 aromatic carbocycles. The average Bonchev–Trinajstić information content (AvgIpc) is 2.97. The van der Waals surface area contributed by atoms with Gasteiger partial charge in [-0.3, -0.25) is 4.98 Å². The maximum Gasteiger partial charge on any atom is 0.0794 e. The minimum absolute atomic E-state index is 0.533. The van der Waals surface area contributed by atoms with E-state index in [4.69, 9.17) is 0 Å². The zero-order valence-electron chi connectivity index (χ0n) is 10.7. The van der Waals surface area contributed by atoms with Crippen molar-refractivity contribution in [1.82, 2.24) is 14.9 Å². The molecule has 2 aromatic heterocycles. The molecule has 96 valence electrons. The van der Waals surface area contributed by atoms with E-state index < -0.39 is 0 Å². The summed E-state index contributed by atoms with van der Waals surface area (Å²) in [6.45, 7) is 0.952. The van der Waals surface area contributed by atoms with Gasteiger partial charge in [0.25, 0.3) is 0 Å². The van der Waals surface area contributed by atoms with Gasteiger partial charge in [-0.2, -0.15) is 0 Å². The van der Waals surface area contributed by atoms with Crippen LogP contribution in [0.15, 0.2) is 24.1 Å². The molecule has 2 heterocycles. The van der Waals surface area contributed by atoms with Crippen molar-refractivity contribution in [2.75, 3.05) is 7.05 Å². The van der Waals surface area contributed by atoms with Gasteiger partial charge in [0.1, 0.15) is 0 Å². The molecule has 0 saturated carbocycles. The summed E-state index contributed by atoms with van der Waals surface area (Å²) in [5, 5.41) is 3.45. The SMILES string of the molecule is CNC1CCCCc2cn(Cc3cncs3)cc21. The largest absolute Gasteiger partial charge is 0.348 e. The van der Waals surface area contributed by atoms with Gasteiger partial charge in [0.05, 0.1) is 12.1 Å².